The third-order valence-corrected chi connectivity index (χ3v) is 1.54. The molecule has 0 saturated carbocycles. The molecule has 0 aliphatic rings. The Hall–Kier alpha value is 0.400. The van der Waals surface area contributed by atoms with Crippen LogP contribution in [0.4, 0.5) is 0 Å². The van der Waals surface area contributed by atoms with Crippen molar-refractivity contribution in [2.45, 2.75) is 6.92 Å². The zero-order chi connectivity index (χ0) is 6.41. The molecule has 0 amide bonds. The highest BCUT2D eigenvalue weighted by molar-refractivity contribution is 8.00. The van der Waals surface area contributed by atoms with Gasteiger partial charge in [-0.25, -0.2) is 0 Å². The first-order valence-corrected chi connectivity index (χ1v) is 4.31. The average Bonchev–Trinajstić information content (AvgIpc) is 1.83. The largest absolute Gasteiger partial charge is 0.552 e. The van der Waals surface area contributed by atoms with Crippen molar-refractivity contribution in [3.63, 3.8) is 0 Å². The molecule has 0 fully saturated rings. The second-order valence-corrected chi connectivity index (χ2v) is 2.74. The summed E-state index contributed by atoms with van der Waals surface area (Å²) in [5.74, 6) is 0. The molecular formula is C3H8O3PS+. The topological polar surface area (TPSA) is 27.7 Å². The van der Waals surface area contributed by atoms with E-state index in [0.29, 0.717) is 6.61 Å². The van der Waals surface area contributed by atoms with Crippen LogP contribution in [-0.2, 0) is 25.9 Å². The molecule has 0 saturated heterocycles. The maximum atomic E-state index is 4.60. The molecule has 0 aliphatic heterocycles. The number of hydrogen-bond acceptors (Lipinski definition) is 4. The SMILES string of the molecule is CCOO[P+](=S)OC. The van der Waals surface area contributed by atoms with Gasteiger partial charge in [-0.15, -0.1) is 4.52 Å². The summed E-state index contributed by atoms with van der Waals surface area (Å²) < 4.78 is 9.08. The molecule has 0 spiro atoms. The molecule has 0 radical (unpaired) electrons. The highest BCUT2D eigenvalue weighted by Crippen LogP contribution is 2.21. The molecule has 0 aromatic heterocycles. The van der Waals surface area contributed by atoms with Crippen LogP contribution in [0.2, 0.25) is 0 Å². The summed E-state index contributed by atoms with van der Waals surface area (Å²) in [6, 6.07) is 0. The van der Waals surface area contributed by atoms with E-state index < -0.39 is 7.15 Å². The van der Waals surface area contributed by atoms with Crippen LogP contribution >= 0.6 is 7.15 Å². The molecule has 8 heavy (non-hydrogen) atoms. The summed E-state index contributed by atoms with van der Waals surface area (Å²) in [5, 5.41) is 0. The number of rotatable bonds is 4. The molecule has 0 bridgehead atoms. The van der Waals surface area contributed by atoms with E-state index in [1.54, 1.807) is 0 Å². The smallest absolute Gasteiger partial charge is 0.189 e. The Morgan fingerprint density at radius 2 is 2.25 bits per heavy atom. The molecule has 3 nitrogen and oxygen atoms in total. The summed E-state index contributed by atoms with van der Waals surface area (Å²) in [6.45, 7) is 2.31. The lowest BCUT2D eigenvalue weighted by Crippen LogP contribution is -1.84. The highest BCUT2D eigenvalue weighted by atomic mass is 32.4. The van der Waals surface area contributed by atoms with Gasteiger partial charge in [0.15, 0.2) is 0 Å². The molecule has 0 aliphatic carbocycles. The van der Waals surface area contributed by atoms with E-state index in [2.05, 4.69) is 25.9 Å². The van der Waals surface area contributed by atoms with Crippen LogP contribution in [0, 0.1) is 0 Å². The van der Waals surface area contributed by atoms with Gasteiger partial charge in [0.1, 0.15) is 0 Å². The standard InChI is InChI=1S/C3H8O3PS/c1-3-5-6-7(8)4-2/h3H2,1-2H3/q+1. The molecule has 0 heterocycles. The van der Waals surface area contributed by atoms with Crippen LogP contribution in [-0.4, -0.2) is 13.7 Å². The van der Waals surface area contributed by atoms with E-state index in [1.165, 1.54) is 7.11 Å². The molecule has 48 valence electrons. The van der Waals surface area contributed by atoms with Crippen molar-refractivity contribution in [1.82, 2.24) is 0 Å². The Morgan fingerprint density at radius 1 is 1.62 bits per heavy atom. The van der Waals surface area contributed by atoms with Crippen molar-refractivity contribution < 1.29 is 14.1 Å². The number of hydrogen-bond donors (Lipinski definition) is 0. The molecule has 0 aromatic carbocycles. The lowest BCUT2D eigenvalue weighted by Gasteiger charge is -1.83. The summed E-state index contributed by atoms with van der Waals surface area (Å²) >= 11 is 4.60. The van der Waals surface area contributed by atoms with Crippen molar-refractivity contribution in [1.29, 1.82) is 0 Å². The molecule has 5 heteroatoms. The van der Waals surface area contributed by atoms with Gasteiger partial charge < -0.3 is 0 Å². The van der Waals surface area contributed by atoms with Gasteiger partial charge in [0.2, 0.25) is 11.8 Å². The van der Waals surface area contributed by atoms with Gasteiger partial charge in [-0.2, -0.15) is 4.89 Å². The zero-order valence-electron chi connectivity index (χ0n) is 4.79. The lowest BCUT2D eigenvalue weighted by atomic mass is 10.9. The van der Waals surface area contributed by atoms with Crippen molar-refractivity contribution in [2.75, 3.05) is 13.7 Å². The van der Waals surface area contributed by atoms with Gasteiger partial charge in [0, 0.05) is 4.67 Å². The van der Waals surface area contributed by atoms with E-state index in [9.17, 15) is 0 Å². The fourth-order valence-corrected chi connectivity index (χ4v) is 0.508. The van der Waals surface area contributed by atoms with Gasteiger partial charge in [0.25, 0.3) is 0 Å². The van der Waals surface area contributed by atoms with Crippen LogP contribution in [0.3, 0.4) is 0 Å². The first kappa shape index (κ1) is 8.40. The third kappa shape index (κ3) is 4.56. The van der Waals surface area contributed by atoms with Gasteiger partial charge in [-0.05, 0) is 6.92 Å². The molecule has 0 aromatic rings. The minimum absolute atomic E-state index is 0.499. The maximum Gasteiger partial charge on any atom is 0.552 e. The van der Waals surface area contributed by atoms with Gasteiger partial charge in [-0.3, -0.25) is 0 Å². The molecular weight excluding hydrogens is 147 g/mol. The second-order valence-electron chi connectivity index (χ2n) is 0.887. The first-order chi connectivity index (χ1) is 3.81. The van der Waals surface area contributed by atoms with Crippen LogP contribution in [0.25, 0.3) is 0 Å². The van der Waals surface area contributed by atoms with E-state index in [0.717, 1.165) is 0 Å². The van der Waals surface area contributed by atoms with Gasteiger partial charge in [0.05, 0.1) is 13.7 Å². The summed E-state index contributed by atoms with van der Waals surface area (Å²) in [6.07, 6.45) is 0. The van der Waals surface area contributed by atoms with Crippen LogP contribution < -0.4 is 0 Å². The minimum Gasteiger partial charge on any atom is -0.189 e. The highest BCUT2D eigenvalue weighted by Gasteiger charge is 2.09. The van der Waals surface area contributed by atoms with Gasteiger partial charge >= 0.3 is 7.15 Å². The zero-order valence-corrected chi connectivity index (χ0v) is 6.50. The fourth-order valence-electron chi connectivity index (χ4n) is 0.126. The molecule has 1 unspecified atom stereocenters. The monoisotopic (exact) mass is 155 g/mol. The van der Waals surface area contributed by atoms with E-state index in [4.69, 9.17) is 0 Å². The summed E-state index contributed by atoms with van der Waals surface area (Å²) in [4.78, 5) is 4.49. The lowest BCUT2D eigenvalue weighted by molar-refractivity contribution is -0.198. The normalized spacial score (nSPS) is 11.5. The predicted molar refractivity (Wildman–Crippen MR) is 34.0 cm³/mol. The Morgan fingerprint density at radius 3 is 2.62 bits per heavy atom. The van der Waals surface area contributed by atoms with Crippen LogP contribution in [0.15, 0.2) is 0 Å². The maximum absolute atomic E-state index is 4.60. The van der Waals surface area contributed by atoms with Crippen molar-refractivity contribution in [3.05, 3.63) is 0 Å². The van der Waals surface area contributed by atoms with E-state index >= 15 is 0 Å². The van der Waals surface area contributed by atoms with Crippen molar-refractivity contribution in [3.8, 4) is 0 Å². The van der Waals surface area contributed by atoms with Crippen LogP contribution in [0.5, 0.6) is 0 Å². The first-order valence-electron chi connectivity index (χ1n) is 2.12. The molecule has 0 N–H and O–H groups in total. The Labute approximate surface area is 54.4 Å². The Bertz CT molecular complexity index is 76.9. The second kappa shape index (κ2) is 5.54. The quantitative estimate of drug-likeness (QED) is 0.348. The van der Waals surface area contributed by atoms with Crippen LogP contribution in [0.1, 0.15) is 6.92 Å². The minimum atomic E-state index is -1.22. The fraction of sp³-hybridized carbons (Fsp3) is 1.00. The molecule has 1 atom stereocenters. The Kier molecular flexibility index (Phi) is 5.81. The van der Waals surface area contributed by atoms with E-state index in [1.807, 2.05) is 6.92 Å². The third-order valence-electron chi connectivity index (χ3n) is 0.380. The summed E-state index contributed by atoms with van der Waals surface area (Å²) in [5.41, 5.74) is 0. The average molecular weight is 155 g/mol. The predicted octanol–water partition coefficient (Wildman–Crippen LogP) is 1.37. The van der Waals surface area contributed by atoms with Gasteiger partial charge in [-0.1, -0.05) is 0 Å². The molecule has 0 rings (SSSR count). The summed E-state index contributed by atoms with van der Waals surface area (Å²) in [7, 11) is 0.261. The van der Waals surface area contributed by atoms with Crippen molar-refractivity contribution in [2.24, 2.45) is 0 Å². The Balaban J connectivity index is 2.99. The van der Waals surface area contributed by atoms with E-state index in [-0.39, 0.29) is 0 Å². The van der Waals surface area contributed by atoms with Crippen molar-refractivity contribution >= 4 is 19.0 Å².